The van der Waals surface area contributed by atoms with Crippen LogP contribution in [0.4, 0.5) is 4.39 Å². The van der Waals surface area contributed by atoms with E-state index in [1.54, 1.807) is 31.4 Å². The number of halogens is 1. The molecule has 120 valence electrons. The van der Waals surface area contributed by atoms with Crippen molar-refractivity contribution in [3.05, 3.63) is 77.6 Å². The van der Waals surface area contributed by atoms with Gasteiger partial charge in [-0.25, -0.2) is 9.82 Å². The summed E-state index contributed by atoms with van der Waals surface area (Å²) < 4.78 is 18.0. The highest BCUT2D eigenvalue weighted by Crippen LogP contribution is 2.21. The molecule has 0 fully saturated rings. The van der Waals surface area contributed by atoms with E-state index >= 15 is 0 Å². The van der Waals surface area contributed by atoms with Crippen LogP contribution in [0.1, 0.15) is 15.9 Å². The third kappa shape index (κ3) is 3.57. The fraction of sp³-hybridized carbons (Fsp3) is 0.0526. The fourth-order valence-corrected chi connectivity index (χ4v) is 2.27. The molecule has 3 rings (SSSR count). The number of benzene rings is 3. The molecule has 0 aliphatic rings. The van der Waals surface area contributed by atoms with Gasteiger partial charge in [-0.05, 0) is 52.7 Å². The number of hydrazone groups is 1. The highest BCUT2D eigenvalue weighted by Gasteiger charge is 2.06. The monoisotopic (exact) mass is 322 g/mol. The van der Waals surface area contributed by atoms with Crippen LogP contribution in [0.5, 0.6) is 5.75 Å². The second-order valence-corrected chi connectivity index (χ2v) is 5.18. The first-order chi connectivity index (χ1) is 11.7. The Kier molecular flexibility index (Phi) is 4.52. The minimum absolute atomic E-state index is 0.314. The number of nitrogens with zero attached hydrogens (tertiary/aromatic N) is 1. The molecule has 5 heteroatoms. The minimum Gasteiger partial charge on any atom is -0.497 e. The van der Waals surface area contributed by atoms with E-state index in [4.69, 9.17) is 4.74 Å². The van der Waals surface area contributed by atoms with Crippen molar-refractivity contribution in [2.24, 2.45) is 5.10 Å². The van der Waals surface area contributed by atoms with Gasteiger partial charge in [0.15, 0.2) is 0 Å². The summed E-state index contributed by atoms with van der Waals surface area (Å²) in [4.78, 5) is 12.1. The molecule has 1 N–H and O–H groups in total. The van der Waals surface area contributed by atoms with Crippen molar-refractivity contribution in [2.45, 2.75) is 0 Å². The summed E-state index contributed by atoms with van der Waals surface area (Å²) in [7, 11) is 1.61. The maximum absolute atomic E-state index is 12.8. The lowest BCUT2D eigenvalue weighted by molar-refractivity contribution is 0.0955. The smallest absolute Gasteiger partial charge is 0.271 e. The Balaban J connectivity index is 1.72. The molecule has 0 saturated heterocycles. The number of hydrogen-bond donors (Lipinski definition) is 1. The van der Waals surface area contributed by atoms with Gasteiger partial charge in [0, 0.05) is 5.56 Å². The molecule has 0 aliphatic heterocycles. The van der Waals surface area contributed by atoms with E-state index in [9.17, 15) is 9.18 Å². The number of methoxy groups -OCH3 is 1. The van der Waals surface area contributed by atoms with Crippen molar-refractivity contribution in [3.63, 3.8) is 0 Å². The zero-order valence-electron chi connectivity index (χ0n) is 13.0. The summed E-state index contributed by atoms with van der Waals surface area (Å²) >= 11 is 0. The fourth-order valence-electron chi connectivity index (χ4n) is 2.27. The van der Waals surface area contributed by atoms with Crippen LogP contribution in [0.15, 0.2) is 65.8 Å². The third-order valence-corrected chi connectivity index (χ3v) is 3.56. The maximum Gasteiger partial charge on any atom is 0.271 e. The van der Waals surface area contributed by atoms with E-state index in [0.717, 1.165) is 16.5 Å². The number of amides is 1. The van der Waals surface area contributed by atoms with E-state index < -0.39 is 0 Å². The Morgan fingerprint density at radius 1 is 1.04 bits per heavy atom. The molecule has 0 atom stereocenters. The average Bonchev–Trinajstić information content (AvgIpc) is 2.62. The largest absolute Gasteiger partial charge is 0.497 e. The van der Waals surface area contributed by atoms with Gasteiger partial charge in [-0.3, -0.25) is 4.79 Å². The molecule has 0 bridgehead atoms. The Labute approximate surface area is 138 Å². The SMILES string of the molecule is COc1ccc2cc(C(=O)N/N=C/c3ccc(F)cc3)ccc2c1. The predicted octanol–water partition coefficient (Wildman–Crippen LogP) is 3.75. The number of nitrogens with one attached hydrogen (secondary N) is 1. The molecule has 3 aromatic rings. The van der Waals surface area contributed by atoms with Crippen molar-refractivity contribution in [2.75, 3.05) is 7.11 Å². The van der Waals surface area contributed by atoms with Gasteiger partial charge >= 0.3 is 0 Å². The molecule has 0 saturated carbocycles. The van der Waals surface area contributed by atoms with Crippen LogP contribution < -0.4 is 10.2 Å². The Morgan fingerprint density at radius 3 is 2.50 bits per heavy atom. The predicted molar refractivity (Wildman–Crippen MR) is 92.0 cm³/mol. The van der Waals surface area contributed by atoms with Gasteiger partial charge in [-0.1, -0.05) is 24.3 Å². The highest BCUT2D eigenvalue weighted by atomic mass is 19.1. The van der Waals surface area contributed by atoms with Crippen LogP contribution in [0.2, 0.25) is 0 Å². The van der Waals surface area contributed by atoms with Crippen LogP contribution in [-0.2, 0) is 0 Å². The van der Waals surface area contributed by atoms with Gasteiger partial charge in [0.05, 0.1) is 13.3 Å². The molecular formula is C19H15FN2O2. The standard InChI is InChI=1S/C19H15FN2O2/c1-24-18-9-6-14-10-16(5-4-15(14)11-18)19(23)22-21-12-13-2-7-17(20)8-3-13/h2-12H,1H3,(H,22,23)/b21-12+. The minimum atomic E-state index is -0.316. The molecule has 0 spiro atoms. The van der Waals surface area contributed by atoms with Gasteiger partial charge in [-0.15, -0.1) is 0 Å². The lowest BCUT2D eigenvalue weighted by Gasteiger charge is -2.05. The molecule has 0 aliphatic carbocycles. The first-order valence-corrected chi connectivity index (χ1v) is 7.32. The van der Waals surface area contributed by atoms with Crippen LogP contribution in [0.25, 0.3) is 10.8 Å². The Bertz CT molecular complexity index is 905. The van der Waals surface area contributed by atoms with Crippen LogP contribution >= 0.6 is 0 Å². The van der Waals surface area contributed by atoms with Gasteiger partial charge in [0.25, 0.3) is 5.91 Å². The number of ether oxygens (including phenoxy) is 1. The van der Waals surface area contributed by atoms with E-state index in [1.807, 2.05) is 24.3 Å². The van der Waals surface area contributed by atoms with Crippen molar-refractivity contribution >= 4 is 22.9 Å². The van der Waals surface area contributed by atoms with Crippen LogP contribution in [0.3, 0.4) is 0 Å². The average molecular weight is 322 g/mol. The summed E-state index contributed by atoms with van der Waals surface area (Å²) in [5, 5.41) is 5.81. The molecule has 4 nitrogen and oxygen atoms in total. The highest BCUT2D eigenvalue weighted by molar-refractivity contribution is 5.99. The number of hydrogen-bond acceptors (Lipinski definition) is 3. The summed E-state index contributed by atoms with van der Waals surface area (Å²) in [6.07, 6.45) is 1.46. The third-order valence-electron chi connectivity index (χ3n) is 3.56. The van der Waals surface area contributed by atoms with E-state index in [2.05, 4.69) is 10.5 Å². The van der Waals surface area contributed by atoms with E-state index in [-0.39, 0.29) is 11.7 Å². The van der Waals surface area contributed by atoms with Gasteiger partial charge in [-0.2, -0.15) is 5.10 Å². The number of carbonyl (C=O) groups is 1. The van der Waals surface area contributed by atoms with Crippen molar-refractivity contribution in [3.8, 4) is 5.75 Å². The quantitative estimate of drug-likeness (QED) is 0.587. The Morgan fingerprint density at radius 2 is 1.75 bits per heavy atom. The normalized spacial score (nSPS) is 10.9. The molecule has 1 amide bonds. The zero-order valence-corrected chi connectivity index (χ0v) is 13.0. The summed E-state index contributed by atoms with van der Waals surface area (Å²) in [5.74, 6) is 0.138. The summed E-state index contributed by atoms with van der Waals surface area (Å²) in [6.45, 7) is 0. The molecule has 0 aromatic heterocycles. The molecule has 3 aromatic carbocycles. The summed E-state index contributed by atoms with van der Waals surface area (Å²) in [5.41, 5.74) is 3.66. The Hall–Kier alpha value is -3.21. The lowest BCUT2D eigenvalue weighted by atomic mass is 10.1. The maximum atomic E-state index is 12.8. The number of fused-ring (bicyclic) bond motifs is 1. The number of rotatable bonds is 4. The molecule has 0 radical (unpaired) electrons. The van der Waals surface area contributed by atoms with Crippen molar-refractivity contribution in [1.29, 1.82) is 0 Å². The van der Waals surface area contributed by atoms with Gasteiger partial charge in [0.2, 0.25) is 0 Å². The van der Waals surface area contributed by atoms with Crippen LogP contribution in [0, 0.1) is 5.82 Å². The first-order valence-electron chi connectivity index (χ1n) is 7.32. The van der Waals surface area contributed by atoms with Crippen molar-refractivity contribution < 1.29 is 13.9 Å². The van der Waals surface area contributed by atoms with E-state index in [1.165, 1.54) is 18.3 Å². The second kappa shape index (κ2) is 6.91. The van der Waals surface area contributed by atoms with E-state index in [0.29, 0.717) is 11.1 Å². The molecule has 0 unspecified atom stereocenters. The molecule has 24 heavy (non-hydrogen) atoms. The lowest BCUT2D eigenvalue weighted by Crippen LogP contribution is -2.17. The first kappa shape index (κ1) is 15.7. The van der Waals surface area contributed by atoms with Gasteiger partial charge < -0.3 is 4.74 Å². The van der Waals surface area contributed by atoms with Crippen LogP contribution in [-0.4, -0.2) is 19.2 Å². The van der Waals surface area contributed by atoms with Crippen molar-refractivity contribution in [1.82, 2.24) is 5.43 Å². The summed E-state index contributed by atoms with van der Waals surface area (Å²) in [6, 6.07) is 16.8. The topological polar surface area (TPSA) is 50.7 Å². The molecule has 0 heterocycles. The second-order valence-electron chi connectivity index (χ2n) is 5.18. The van der Waals surface area contributed by atoms with Gasteiger partial charge in [0.1, 0.15) is 11.6 Å². The molecular weight excluding hydrogens is 307 g/mol. The zero-order chi connectivity index (χ0) is 16.9. The number of carbonyl (C=O) groups excluding carboxylic acids is 1.